The average molecular weight is 451 g/mol. The van der Waals surface area contributed by atoms with Crippen molar-refractivity contribution in [3.8, 4) is 28.1 Å². The number of hydrogen-bond acceptors (Lipinski definition) is 5. The number of benzene rings is 1. The molecule has 0 radical (unpaired) electrons. The van der Waals surface area contributed by atoms with Crippen LogP contribution in [-0.4, -0.2) is 35.7 Å². The molecule has 3 heterocycles. The van der Waals surface area contributed by atoms with E-state index in [-0.39, 0.29) is 18.7 Å². The van der Waals surface area contributed by atoms with Gasteiger partial charge in [0.05, 0.1) is 12.7 Å². The van der Waals surface area contributed by atoms with Crippen molar-refractivity contribution in [2.75, 3.05) is 6.54 Å². The summed E-state index contributed by atoms with van der Waals surface area (Å²) < 4.78 is 29.9. The molecule has 0 amide bonds. The van der Waals surface area contributed by atoms with E-state index in [1.807, 2.05) is 55.2 Å². The third-order valence-electron chi connectivity index (χ3n) is 5.35. The molecule has 0 atom stereocenters. The summed E-state index contributed by atoms with van der Waals surface area (Å²) >= 11 is 0. The molecule has 10 heteroatoms. The summed E-state index contributed by atoms with van der Waals surface area (Å²) in [5, 5.41) is 8.26. The maximum absolute atomic E-state index is 12.9. The molecule has 4 rings (SSSR count). The molecule has 170 valence electrons. The predicted molar refractivity (Wildman–Crippen MR) is 121 cm³/mol. The number of nitrogens with two attached hydrogens (primary N) is 1. The Balaban J connectivity index is 1.64. The first-order valence-corrected chi connectivity index (χ1v) is 10.4. The molecule has 33 heavy (non-hydrogen) atoms. The fourth-order valence-electron chi connectivity index (χ4n) is 3.51. The lowest BCUT2D eigenvalue weighted by Gasteiger charge is -2.09. The van der Waals surface area contributed by atoms with Crippen LogP contribution < -0.4 is 11.4 Å². The molecule has 3 aromatic heterocycles. The molecule has 0 fully saturated rings. The third-order valence-corrected chi connectivity index (χ3v) is 5.35. The molecule has 2 N–H and O–H groups in total. The molecule has 0 aliphatic carbocycles. The lowest BCUT2D eigenvalue weighted by Crippen LogP contribution is -2.27. The quantitative estimate of drug-likeness (QED) is 0.465. The van der Waals surface area contributed by atoms with Crippen LogP contribution in [0.5, 0.6) is 0 Å². The van der Waals surface area contributed by atoms with Crippen molar-refractivity contribution in [2.24, 2.45) is 5.73 Å². The van der Waals surface area contributed by atoms with Crippen LogP contribution in [0.3, 0.4) is 0 Å². The Morgan fingerprint density at radius 1 is 1.06 bits per heavy atom. The summed E-state index contributed by atoms with van der Waals surface area (Å²) in [6, 6.07) is 9.96. The molecule has 4 aromatic rings. The van der Waals surface area contributed by atoms with Crippen LogP contribution in [0.1, 0.15) is 12.5 Å². The smallest absolute Gasteiger partial charge is 0.327 e. The molecule has 0 saturated heterocycles. The number of pyridine rings is 1. The van der Waals surface area contributed by atoms with Gasteiger partial charge in [0.1, 0.15) is 12.1 Å². The van der Waals surface area contributed by atoms with Crippen LogP contribution in [-0.2, 0) is 13.1 Å². The largest absolute Gasteiger partial charge is 0.351 e. The fraction of sp³-hybridized carbons (Fsp3) is 0.217. The predicted octanol–water partition coefficient (Wildman–Crippen LogP) is 3.40. The first-order chi connectivity index (χ1) is 15.9. The second kappa shape index (κ2) is 9.29. The van der Waals surface area contributed by atoms with Gasteiger partial charge in [-0.15, -0.1) is 0 Å². The molecule has 0 aliphatic heterocycles. The van der Waals surface area contributed by atoms with E-state index in [9.17, 15) is 13.6 Å². The number of aryl methyl sites for hydroxylation is 2. The van der Waals surface area contributed by atoms with E-state index in [1.54, 1.807) is 6.20 Å². The number of rotatable bonds is 7. The Hall–Kier alpha value is -3.92. The van der Waals surface area contributed by atoms with Crippen LogP contribution in [0.2, 0.25) is 0 Å². The molecule has 0 saturated carbocycles. The summed E-state index contributed by atoms with van der Waals surface area (Å²) in [5.41, 5.74) is 9.08. The third kappa shape index (κ3) is 4.51. The van der Waals surface area contributed by atoms with Gasteiger partial charge in [-0.1, -0.05) is 18.2 Å². The first kappa shape index (κ1) is 22.3. The van der Waals surface area contributed by atoms with Gasteiger partial charge in [0.15, 0.2) is 0 Å². The minimum absolute atomic E-state index is 0.341. The van der Waals surface area contributed by atoms with E-state index >= 15 is 0 Å². The highest BCUT2D eigenvalue weighted by Crippen LogP contribution is 2.27. The Morgan fingerprint density at radius 2 is 1.82 bits per heavy atom. The summed E-state index contributed by atoms with van der Waals surface area (Å²) in [6.45, 7) is 3.93. The summed E-state index contributed by atoms with van der Waals surface area (Å²) in [5.74, 6) is 0.384. The van der Waals surface area contributed by atoms with E-state index in [0.717, 1.165) is 39.0 Å². The lowest BCUT2D eigenvalue weighted by atomic mass is 10.0. The fourth-order valence-corrected chi connectivity index (χ4v) is 3.51. The Kier molecular flexibility index (Phi) is 6.27. The van der Waals surface area contributed by atoms with Gasteiger partial charge in [0.25, 0.3) is 6.08 Å². The van der Waals surface area contributed by atoms with E-state index in [0.29, 0.717) is 5.82 Å². The highest BCUT2D eigenvalue weighted by Gasteiger charge is 2.14. The molecule has 1 aromatic carbocycles. The van der Waals surface area contributed by atoms with Crippen molar-refractivity contribution in [1.82, 2.24) is 29.1 Å². The second-order valence-electron chi connectivity index (χ2n) is 7.54. The van der Waals surface area contributed by atoms with Crippen molar-refractivity contribution >= 4 is 0 Å². The van der Waals surface area contributed by atoms with Gasteiger partial charge in [0, 0.05) is 42.2 Å². The number of aromatic nitrogens is 6. The molecule has 8 nitrogen and oxygen atoms in total. The van der Waals surface area contributed by atoms with Gasteiger partial charge < -0.3 is 5.73 Å². The molecule has 0 aliphatic rings. The zero-order chi connectivity index (χ0) is 23.5. The van der Waals surface area contributed by atoms with Crippen LogP contribution in [0.25, 0.3) is 28.1 Å². The summed E-state index contributed by atoms with van der Waals surface area (Å²) in [6.07, 6.45) is 4.87. The maximum Gasteiger partial charge on any atom is 0.351 e. The minimum Gasteiger partial charge on any atom is -0.327 e. The van der Waals surface area contributed by atoms with E-state index in [1.165, 1.54) is 10.9 Å². The minimum atomic E-state index is -1.90. The van der Waals surface area contributed by atoms with Crippen LogP contribution in [0.4, 0.5) is 8.78 Å². The topological polar surface area (TPSA) is 96.5 Å². The van der Waals surface area contributed by atoms with Crippen molar-refractivity contribution in [3.63, 3.8) is 0 Å². The molecular formula is C23H23F2N7O. The van der Waals surface area contributed by atoms with Crippen LogP contribution in [0.15, 0.2) is 71.7 Å². The van der Waals surface area contributed by atoms with Gasteiger partial charge in [-0.3, -0.25) is 4.68 Å². The van der Waals surface area contributed by atoms with Crippen LogP contribution >= 0.6 is 0 Å². The number of hydrogen-bond donors (Lipinski definition) is 1. The van der Waals surface area contributed by atoms with E-state index in [2.05, 4.69) is 21.2 Å². The van der Waals surface area contributed by atoms with Gasteiger partial charge in [0.2, 0.25) is 0 Å². The number of halogens is 2. The zero-order valence-electron chi connectivity index (χ0n) is 18.2. The Bertz CT molecular complexity index is 1380. The monoisotopic (exact) mass is 451 g/mol. The highest BCUT2D eigenvalue weighted by molar-refractivity contribution is 5.72. The summed E-state index contributed by atoms with van der Waals surface area (Å²) in [7, 11) is 0. The van der Waals surface area contributed by atoms with Crippen LogP contribution in [0, 0.1) is 6.92 Å². The van der Waals surface area contributed by atoms with Crippen molar-refractivity contribution in [1.29, 1.82) is 0 Å². The highest BCUT2D eigenvalue weighted by atomic mass is 19.3. The van der Waals surface area contributed by atoms with Crippen molar-refractivity contribution < 1.29 is 8.78 Å². The van der Waals surface area contributed by atoms with E-state index in [4.69, 9.17) is 5.73 Å². The SMILES string of the molecule is CCn1cc(-c2cccc(-c3cnc(-n4cnn(CC(CN)=C(F)F)c4=O)c(C)c3)c2)cn1. The Labute approximate surface area is 188 Å². The molecule has 0 unspecified atom stereocenters. The zero-order valence-corrected chi connectivity index (χ0v) is 18.2. The van der Waals surface area contributed by atoms with Gasteiger partial charge in [-0.2, -0.15) is 19.0 Å². The van der Waals surface area contributed by atoms with E-state index < -0.39 is 11.8 Å². The number of nitrogens with zero attached hydrogens (tertiary/aromatic N) is 6. The lowest BCUT2D eigenvalue weighted by molar-refractivity contribution is 0.400. The van der Waals surface area contributed by atoms with Gasteiger partial charge >= 0.3 is 5.69 Å². The first-order valence-electron chi connectivity index (χ1n) is 10.4. The van der Waals surface area contributed by atoms with Crippen molar-refractivity contribution in [2.45, 2.75) is 26.9 Å². The van der Waals surface area contributed by atoms with Gasteiger partial charge in [-0.25, -0.2) is 19.0 Å². The Morgan fingerprint density at radius 3 is 2.45 bits per heavy atom. The van der Waals surface area contributed by atoms with Crippen molar-refractivity contribution in [3.05, 3.63) is 83.0 Å². The molecule has 0 spiro atoms. The molecule has 0 bridgehead atoms. The van der Waals surface area contributed by atoms with Gasteiger partial charge in [-0.05, 0) is 42.7 Å². The molecular weight excluding hydrogens is 428 g/mol. The summed E-state index contributed by atoms with van der Waals surface area (Å²) in [4.78, 5) is 17.1. The second-order valence-corrected chi connectivity index (χ2v) is 7.54. The normalized spacial score (nSPS) is 11.1. The maximum atomic E-state index is 12.9. The average Bonchev–Trinajstić information content (AvgIpc) is 3.44. The standard InChI is InChI=1S/C23H23F2N7O/c1-3-30-12-20(11-28-30)17-6-4-5-16(8-17)18-7-15(2)22(27-10-18)31-14-29-32(23(31)33)13-19(9-26)21(24)25/h4-8,10-12,14H,3,9,13,26H2,1-2H3.